The fourth-order valence-electron chi connectivity index (χ4n) is 1.36. The van der Waals surface area contributed by atoms with E-state index in [0.29, 0.717) is 0 Å². The second kappa shape index (κ2) is 8.12. The number of hydrogen-bond donors (Lipinski definition) is 0. The summed E-state index contributed by atoms with van der Waals surface area (Å²) in [7, 11) is 0. The lowest BCUT2D eigenvalue weighted by atomic mass is 10.2. The summed E-state index contributed by atoms with van der Waals surface area (Å²) < 4.78 is 0. The van der Waals surface area contributed by atoms with E-state index in [-0.39, 0.29) is 0 Å². The molecule has 0 saturated heterocycles. The highest BCUT2D eigenvalue weighted by Crippen LogP contribution is 2.17. The van der Waals surface area contributed by atoms with Gasteiger partial charge in [0.05, 0.1) is 0 Å². The zero-order chi connectivity index (χ0) is 10.9. The Hall–Kier alpha value is -0.0800. The highest BCUT2D eigenvalue weighted by atomic mass is 32.2. The van der Waals surface area contributed by atoms with Crippen LogP contribution in [0, 0.1) is 0 Å². The van der Waals surface area contributed by atoms with E-state index < -0.39 is 0 Å². The van der Waals surface area contributed by atoms with Gasteiger partial charge in [-0.3, -0.25) is 0 Å². The highest BCUT2D eigenvalue weighted by Gasteiger charge is 1.96. The smallest absolute Gasteiger partial charge is 0.0184 e. The Morgan fingerprint density at radius 2 is 1.67 bits per heavy atom. The number of thioether (sulfide) groups is 2. The normalized spacial score (nSPS) is 10.5. The van der Waals surface area contributed by atoms with Crippen LogP contribution in [0.2, 0.25) is 0 Å². The van der Waals surface area contributed by atoms with Crippen LogP contribution in [0.5, 0.6) is 0 Å². The Labute approximate surface area is 102 Å². The first-order valence-electron chi connectivity index (χ1n) is 5.60. The molecule has 1 aromatic carbocycles. The molecule has 0 N–H and O–H groups in total. The van der Waals surface area contributed by atoms with Gasteiger partial charge in [0.1, 0.15) is 0 Å². The van der Waals surface area contributed by atoms with Gasteiger partial charge in [0.25, 0.3) is 0 Å². The zero-order valence-corrected chi connectivity index (χ0v) is 11.3. The van der Waals surface area contributed by atoms with Gasteiger partial charge in [0, 0.05) is 11.5 Å². The monoisotopic (exact) mass is 240 g/mol. The van der Waals surface area contributed by atoms with Crippen LogP contribution in [0.15, 0.2) is 24.3 Å². The van der Waals surface area contributed by atoms with Crippen LogP contribution in [-0.2, 0) is 11.5 Å². The van der Waals surface area contributed by atoms with Crippen molar-refractivity contribution in [2.24, 2.45) is 0 Å². The Balaban J connectivity index is 2.42. The summed E-state index contributed by atoms with van der Waals surface area (Å²) >= 11 is 4.02. The molecule has 0 unspecified atom stereocenters. The second-order valence-electron chi connectivity index (χ2n) is 3.51. The van der Waals surface area contributed by atoms with Crippen LogP contribution in [-0.4, -0.2) is 11.5 Å². The van der Waals surface area contributed by atoms with Crippen molar-refractivity contribution in [3.05, 3.63) is 35.4 Å². The number of benzene rings is 1. The average molecular weight is 240 g/mol. The fourth-order valence-corrected chi connectivity index (χ4v) is 2.83. The fraction of sp³-hybridized carbons (Fsp3) is 0.538. The quantitative estimate of drug-likeness (QED) is 0.640. The van der Waals surface area contributed by atoms with E-state index in [1.165, 1.54) is 34.8 Å². The van der Waals surface area contributed by atoms with E-state index in [9.17, 15) is 0 Å². The summed E-state index contributed by atoms with van der Waals surface area (Å²) in [6.07, 6.45) is 1.27. The van der Waals surface area contributed by atoms with Crippen molar-refractivity contribution in [2.75, 3.05) is 11.5 Å². The van der Waals surface area contributed by atoms with Crippen molar-refractivity contribution in [2.45, 2.75) is 31.8 Å². The summed E-state index contributed by atoms with van der Waals surface area (Å²) in [5, 5.41) is 0. The molecule has 0 bridgehead atoms. The maximum Gasteiger partial charge on any atom is 0.0184 e. The molecule has 0 amide bonds. The van der Waals surface area contributed by atoms with E-state index in [0.717, 1.165) is 5.75 Å². The van der Waals surface area contributed by atoms with Crippen LogP contribution < -0.4 is 0 Å². The molecule has 0 radical (unpaired) electrons. The Kier molecular flexibility index (Phi) is 7.03. The minimum absolute atomic E-state index is 1.16. The van der Waals surface area contributed by atoms with Gasteiger partial charge >= 0.3 is 0 Å². The van der Waals surface area contributed by atoms with Crippen LogP contribution in [0.1, 0.15) is 31.4 Å². The molecule has 1 rings (SSSR count). The molecule has 84 valence electrons. The largest absolute Gasteiger partial charge is 0.157 e. The molecule has 0 heterocycles. The number of rotatable bonds is 7. The van der Waals surface area contributed by atoms with Crippen molar-refractivity contribution in [1.29, 1.82) is 0 Å². The van der Waals surface area contributed by atoms with Crippen molar-refractivity contribution in [3.63, 3.8) is 0 Å². The molecule has 0 atom stereocenters. The molecular weight excluding hydrogens is 220 g/mol. The molecule has 0 aliphatic rings. The third-order valence-corrected chi connectivity index (χ3v) is 4.26. The molecular formula is C13H20S2. The van der Waals surface area contributed by atoms with Crippen LogP contribution in [0.3, 0.4) is 0 Å². The lowest BCUT2D eigenvalue weighted by Crippen LogP contribution is -1.86. The minimum Gasteiger partial charge on any atom is -0.157 e. The lowest BCUT2D eigenvalue weighted by molar-refractivity contribution is 1.10. The molecule has 0 spiro atoms. The van der Waals surface area contributed by atoms with E-state index >= 15 is 0 Å². The molecule has 0 nitrogen and oxygen atoms in total. The van der Waals surface area contributed by atoms with Crippen molar-refractivity contribution in [1.82, 2.24) is 0 Å². The number of hydrogen-bond acceptors (Lipinski definition) is 2. The molecule has 1 aromatic rings. The molecule has 15 heavy (non-hydrogen) atoms. The van der Waals surface area contributed by atoms with Gasteiger partial charge in [-0.1, -0.05) is 38.1 Å². The Morgan fingerprint density at radius 3 is 2.27 bits per heavy atom. The van der Waals surface area contributed by atoms with E-state index in [1.54, 1.807) is 0 Å². The standard InChI is InChI=1S/C13H20S2/c1-3-8-15-11-13-7-5-6-12(9-13)10-14-4-2/h5-7,9H,3-4,8,10-11H2,1-2H3. The Bertz CT molecular complexity index is 271. The maximum absolute atomic E-state index is 2.35. The lowest BCUT2D eigenvalue weighted by Gasteiger charge is -2.04. The molecule has 0 fully saturated rings. The first kappa shape index (κ1) is 13.0. The molecule has 0 aliphatic carbocycles. The SMILES string of the molecule is CCCSCc1cccc(CSCC)c1. The van der Waals surface area contributed by atoms with Gasteiger partial charge in [-0.15, -0.1) is 0 Å². The first-order chi connectivity index (χ1) is 7.36. The topological polar surface area (TPSA) is 0 Å². The van der Waals surface area contributed by atoms with Gasteiger partial charge in [0.2, 0.25) is 0 Å². The van der Waals surface area contributed by atoms with Crippen LogP contribution in [0.4, 0.5) is 0 Å². The highest BCUT2D eigenvalue weighted by molar-refractivity contribution is 7.98. The van der Waals surface area contributed by atoms with Gasteiger partial charge in [-0.25, -0.2) is 0 Å². The average Bonchev–Trinajstić information content (AvgIpc) is 2.27. The van der Waals surface area contributed by atoms with Gasteiger partial charge in [-0.2, -0.15) is 23.5 Å². The second-order valence-corrected chi connectivity index (χ2v) is 5.89. The van der Waals surface area contributed by atoms with E-state index in [4.69, 9.17) is 0 Å². The Morgan fingerprint density at radius 1 is 1.00 bits per heavy atom. The summed E-state index contributed by atoms with van der Waals surface area (Å²) in [4.78, 5) is 0. The van der Waals surface area contributed by atoms with Crippen molar-refractivity contribution in [3.8, 4) is 0 Å². The molecule has 2 heteroatoms. The first-order valence-corrected chi connectivity index (χ1v) is 7.91. The predicted octanol–water partition coefficient (Wildman–Crippen LogP) is 4.58. The van der Waals surface area contributed by atoms with Crippen molar-refractivity contribution < 1.29 is 0 Å². The molecule has 0 saturated carbocycles. The van der Waals surface area contributed by atoms with Crippen molar-refractivity contribution >= 4 is 23.5 Å². The zero-order valence-electron chi connectivity index (χ0n) is 9.66. The summed E-state index contributed by atoms with van der Waals surface area (Å²) in [6.45, 7) is 4.45. The molecule has 0 aliphatic heterocycles. The van der Waals surface area contributed by atoms with Crippen LogP contribution in [0.25, 0.3) is 0 Å². The summed E-state index contributed by atoms with van der Waals surface area (Å²) in [5.41, 5.74) is 2.94. The summed E-state index contributed by atoms with van der Waals surface area (Å²) in [6, 6.07) is 9.01. The maximum atomic E-state index is 2.35. The third-order valence-electron chi connectivity index (χ3n) is 2.08. The van der Waals surface area contributed by atoms with E-state index in [2.05, 4.69) is 38.1 Å². The van der Waals surface area contributed by atoms with E-state index in [1.807, 2.05) is 23.5 Å². The molecule has 0 aromatic heterocycles. The summed E-state index contributed by atoms with van der Waals surface area (Å²) in [5.74, 6) is 4.80. The van der Waals surface area contributed by atoms with Gasteiger partial charge in [0.15, 0.2) is 0 Å². The predicted molar refractivity (Wildman–Crippen MR) is 74.7 cm³/mol. The van der Waals surface area contributed by atoms with Gasteiger partial charge in [-0.05, 0) is 29.1 Å². The van der Waals surface area contributed by atoms with Gasteiger partial charge < -0.3 is 0 Å². The third kappa shape index (κ3) is 5.53. The minimum atomic E-state index is 1.16. The van der Waals surface area contributed by atoms with Crippen LogP contribution >= 0.6 is 23.5 Å².